The van der Waals surface area contributed by atoms with Gasteiger partial charge in [0.2, 0.25) is 5.91 Å². The molecule has 2 heterocycles. The van der Waals surface area contributed by atoms with Crippen molar-refractivity contribution in [3.05, 3.63) is 60.0 Å². The number of halogens is 1. The lowest BCUT2D eigenvalue weighted by Crippen LogP contribution is -2.43. The zero-order chi connectivity index (χ0) is 23.2. The van der Waals surface area contributed by atoms with E-state index >= 15 is 0 Å². The Hall–Kier alpha value is -2.87. The molecule has 1 N–H and O–H groups in total. The minimum atomic E-state index is -3.82. The number of carbonyl (C=O) groups is 1. The van der Waals surface area contributed by atoms with Crippen LogP contribution in [0.2, 0.25) is 0 Å². The Bertz CT molecular complexity index is 1290. The van der Waals surface area contributed by atoms with E-state index in [1.165, 1.54) is 17.7 Å². The van der Waals surface area contributed by atoms with Gasteiger partial charge in [-0.2, -0.15) is 0 Å². The van der Waals surface area contributed by atoms with Gasteiger partial charge in [0.25, 0.3) is 10.0 Å². The van der Waals surface area contributed by atoms with Crippen LogP contribution in [0.4, 0.5) is 10.1 Å². The highest BCUT2D eigenvalue weighted by atomic mass is 32.2. The standard InChI is InChI=1S/C25H28FN3O3S/c1-28-16-23(17-11-13-29(14-12-17)25(30)18-3-2-4-18)22-15-20(7-10-24(22)28)27-33(31,32)21-8-5-19(26)6-9-21/h5-10,15-18,27H,2-4,11-14H2,1H3. The number of nitrogens with zero attached hydrogens (tertiary/aromatic N) is 2. The van der Waals surface area contributed by atoms with Crippen molar-refractivity contribution in [2.24, 2.45) is 13.0 Å². The molecule has 1 saturated heterocycles. The van der Waals surface area contributed by atoms with Crippen molar-refractivity contribution < 1.29 is 17.6 Å². The molecule has 1 saturated carbocycles. The van der Waals surface area contributed by atoms with Gasteiger partial charge in [0.15, 0.2) is 0 Å². The number of anilines is 1. The monoisotopic (exact) mass is 469 g/mol. The smallest absolute Gasteiger partial charge is 0.261 e. The number of fused-ring (bicyclic) bond motifs is 1. The van der Waals surface area contributed by atoms with E-state index in [4.69, 9.17) is 0 Å². The first-order valence-corrected chi connectivity index (χ1v) is 13.0. The summed E-state index contributed by atoms with van der Waals surface area (Å²) in [6, 6.07) is 10.3. The van der Waals surface area contributed by atoms with Gasteiger partial charge in [-0.15, -0.1) is 0 Å². The molecule has 1 amide bonds. The number of nitrogens with one attached hydrogen (secondary N) is 1. The molecule has 174 valence electrons. The molecule has 1 aliphatic heterocycles. The topological polar surface area (TPSA) is 71.4 Å². The van der Waals surface area contributed by atoms with Crippen LogP contribution in [0.15, 0.2) is 53.6 Å². The van der Waals surface area contributed by atoms with Gasteiger partial charge in [-0.3, -0.25) is 9.52 Å². The Morgan fingerprint density at radius 3 is 2.36 bits per heavy atom. The summed E-state index contributed by atoms with van der Waals surface area (Å²) in [6.07, 6.45) is 7.15. The maximum absolute atomic E-state index is 13.2. The van der Waals surface area contributed by atoms with Gasteiger partial charge in [-0.25, -0.2) is 12.8 Å². The summed E-state index contributed by atoms with van der Waals surface area (Å²) in [5, 5.41) is 1.01. The van der Waals surface area contributed by atoms with E-state index in [1.807, 2.05) is 24.1 Å². The third-order valence-corrected chi connectivity index (χ3v) is 8.49. The van der Waals surface area contributed by atoms with Gasteiger partial charge in [-0.1, -0.05) is 6.42 Å². The summed E-state index contributed by atoms with van der Waals surface area (Å²) < 4.78 is 43.4. The van der Waals surface area contributed by atoms with Gasteiger partial charge in [-0.05, 0) is 79.6 Å². The highest BCUT2D eigenvalue weighted by Crippen LogP contribution is 2.37. The number of piperidine rings is 1. The SMILES string of the molecule is Cn1cc(C2CCN(C(=O)C3CCC3)CC2)c2cc(NS(=O)(=O)c3ccc(F)cc3)ccc21. The van der Waals surface area contributed by atoms with E-state index < -0.39 is 15.8 Å². The molecule has 0 unspecified atom stereocenters. The largest absolute Gasteiger partial charge is 0.350 e. The van der Waals surface area contributed by atoms with Crippen LogP contribution in [0.3, 0.4) is 0 Å². The van der Waals surface area contributed by atoms with Crippen molar-refractivity contribution in [3.8, 4) is 0 Å². The molecule has 0 radical (unpaired) electrons. The summed E-state index contributed by atoms with van der Waals surface area (Å²) >= 11 is 0. The molecule has 1 aliphatic carbocycles. The van der Waals surface area contributed by atoms with Crippen LogP contribution >= 0.6 is 0 Å². The quantitative estimate of drug-likeness (QED) is 0.593. The first kappa shape index (κ1) is 21.9. The summed E-state index contributed by atoms with van der Waals surface area (Å²) in [6.45, 7) is 1.54. The van der Waals surface area contributed by atoms with Crippen LogP contribution in [0, 0.1) is 11.7 Å². The second kappa shape index (κ2) is 8.48. The van der Waals surface area contributed by atoms with Crippen molar-refractivity contribution in [2.45, 2.75) is 42.9 Å². The minimum absolute atomic E-state index is 0.0146. The highest BCUT2D eigenvalue weighted by Gasteiger charge is 2.32. The number of sulfonamides is 1. The average Bonchev–Trinajstić information content (AvgIpc) is 3.08. The number of amides is 1. The van der Waals surface area contributed by atoms with E-state index in [9.17, 15) is 17.6 Å². The van der Waals surface area contributed by atoms with Gasteiger partial charge < -0.3 is 9.47 Å². The van der Waals surface area contributed by atoms with E-state index in [1.54, 1.807) is 6.07 Å². The van der Waals surface area contributed by atoms with Crippen molar-refractivity contribution >= 4 is 32.5 Å². The second-order valence-corrected chi connectivity index (χ2v) is 10.9. The zero-order valence-corrected chi connectivity index (χ0v) is 19.4. The van der Waals surface area contributed by atoms with E-state index in [0.29, 0.717) is 17.5 Å². The average molecular weight is 470 g/mol. The zero-order valence-electron chi connectivity index (χ0n) is 18.6. The van der Waals surface area contributed by atoms with E-state index in [2.05, 4.69) is 15.5 Å². The molecular weight excluding hydrogens is 441 g/mol. The van der Waals surface area contributed by atoms with Crippen LogP contribution in [-0.2, 0) is 21.9 Å². The predicted octanol–water partition coefficient (Wildman–Crippen LogP) is 4.62. The highest BCUT2D eigenvalue weighted by molar-refractivity contribution is 7.92. The molecule has 2 aliphatic rings. The molecule has 33 heavy (non-hydrogen) atoms. The number of likely N-dealkylation sites (tertiary alicyclic amines) is 1. The predicted molar refractivity (Wildman–Crippen MR) is 126 cm³/mol. The van der Waals surface area contributed by atoms with Crippen molar-refractivity contribution in [3.63, 3.8) is 0 Å². The number of hydrogen-bond donors (Lipinski definition) is 1. The molecular formula is C25H28FN3O3S. The van der Waals surface area contributed by atoms with Gasteiger partial charge in [0, 0.05) is 48.8 Å². The second-order valence-electron chi connectivity index (χ2n) is 9.21. The Morgan fingerprint density at radius 1 is 1.03 bits per heavy atom. The third kappa shape index (κ3) is 4.24. The number of aromatic nitrogens is 1. The normalized spacial score (nSPS) is 17.8. The van der Waals surface area contributed by atoms with Crippen molar-refractivity contribution in [1.29, 1.82) is 0 Å². The Labute approximate surface area is 193 Å². The maximum Gasteiger partial charge on any atom is 0.261 e. The molecule has 0 atom stereocenters. The Kier molecular flexibility index (Phi) is 5.64. The van der Waals surface area contributed by atoms with Crippen LogP contribution in [-0.4, -0.2) is 36.9 Å². The summed E-state index contributed by atoms with van der Waals surface area (Å²) in [5.74, 6) is 0.388. The summed E-state index contributed by atoms with van der Waals surface area (Å²) in [4.78, 5) is 14.6. The fourth-order valence-corrected chi connectivity index (χ4v) is 6.01. The van der Waals surface area contributed by atoms with Gasteiger partial charge in [0.05, 0.1) is 4.90 Å². The lowest BCUT2D eigenvalue weighted by Gasteiger charge is -2.36. The Balaban J connectivity index is 1.36. The molecule has 0 bridgehead atoms. The van der Waals surface area contributed by atoms with Crippen molar-refractivity contribution in [1.82, 2.24) is 9.47 Å². The fraction of sp³-hybridized carbons (Fsp3) is 0.400. The molecule has 0 spiro atoms. The van der Waals surface area contributed by atoms with E-state index in [-0.39, 0.29) is 10.8 Å². The summed E-state index contributed by atoms with van der Waals surface area (Å²) in [5.41, 5.74) is 2.69. The molecule has 2 aromatic carbocycles. The molecule has 6 nitrogen and oxygen atoms in total. The van der Waals surface area contributed by atoms with Crippen LogP contribution in [0.1, 0.15) is 43.6 Å². The van der Waals surface area contributed by atoms with Gasteiger partial charge in [0.1, 0.15) is 5.82 Å². The Morgan fingerprint density at radius 2 is 1.73 bits per heavy atom. The number of rotatable bonds is 5. The van der Waals surface area contributed by atoms with Crippen LogP contribution in [0.5, 0.6) is 0 Å². The molecule has 3 aromatic rings. The summed E-state index contributed by atoms with van der Waals surface area (Å²) in [7, 11) is -1.83. The number of carbonyl (C=O) groups excluding carboxylic acids is 1. The lowest BCUT2D eigenvalue weighted by atomic mass is 9.83. The molecule has 2 fully saturated rings. The van der Waals surface area contributed by atoms with E-state index in [0.717, 1.165) is 68.2 Å². The minimum Gasteiger partial charge on any atom is -0.350 e. The van der Waals surface area contributed by atoms with Crippen LogP contribution in [0.25, 0.3) is 10.9 Å². The maximum atomic E-state index is 13.2. The molecule has 1 aromatic heterocycles. The lowest BCUT2D eigenvalue weighted by molar-refractivity contribution is -0.139. The molecule has 8 heteroatoms. The third-order valence-electron chi connectivity index (χ3n) is 7.10. The number of aryl methyl sites for hydroxylation is 1. The first-order chi connectivity index (χ1) is 15.8. The first-order valence-electron chi connectivity index (χ1n) is 11.5. The number of hydrogen-bond acceptors (Lipinski definition) is 3. The fourth-order valence-electron chi connectivity index (χ4n) is 4.96. The van der Waals surface area contributed by atoms with Gasteiger partial charge >= 0.3 is 0 Å². The molecule has 5 rings (SSSR count). The number of benzene rings is 2. The van der Waals surface area contributed by atoms with Crippen LogP contribution < -0.4 is 4.72 Å². The van der Waals surface area contributed by atoms with Crippen molar-refractivity contribution in [2.75, 3.05) is 17.8 Å².